The number of likely N-dealkylation sites (tertiary alicyclic amines) is 2. The van der Waals surface area contributed by atoms with Gasteiger partial charge in [-0.25, -0.2) is 14.4 Å². The number of phenols is 1. The van der Waals surface area contributed by atoms with Crippen molar-refractivity contribution < 1.29 is 77.3 Å². The summed E-state index contributed by atoms with van der Waals surface area (Å²) >= 11 is 0. The van der Waals surface area contributed by atoms with Crippen molar-refractivity contribution in [1.29, 1.82) is 0 Å². The zero-order valence-electron chi connectivity index (χ0n) is 42.0. The van der Waals surface area contributed by atoms with E-state index in [0.717, 1.165) is 0 Å². The van der Waals surface area contributed by atoms with Gasteiger partial charge in [0.15, 0.2) is 23.0 Å². The predicted molar refractivity (Wildman–Crippen MR) is 268 cm³/mol. The Morgan fingerprint density at radius 2 is 1.36 bits per heavy atom. The van der Waals surface area contributed by atoms with E-state index in [9.17, 15) is 48.9 Å². The number of benzene rings is 3. The summed E-state index contributed by atoms with van der Waals surface area (Å²) < 4.78 is 32.9. The number of methoxy groups -OCH3 is 1. The molecule has 3 aromatic rings. The van der Waals surface area contributed by atoms with Crippen molar-refractivity contribution in [3.63, 3.8) is 0 Å². The Hall–Kier alpha value is -7.79. The summed E-state index contributed by atoms with van der Waals surface area (Å²) in [6, 6.07) is 8.83. The van der Waals surface area contributed by atoms with Gasteiger partial charge in [0.05, 0.1) is 62.4 Å². The van der Waals surface area contributed by atoms with Gasteiger partial charge in [-0.3, -0.25) is 24.5 Å². The number of nitrogens with one attached hydrogen (secondary N) is 4. The molecule has 0 radical (unpaired) electrons. The van der Waals surface area contributed by atoms with Crippen LogP contribution in [0.15, 0.2) is 61.2 Å². The molecule has 2 heterocycles. The third-order valence-electron chi connectivity index (χ3n) is 12.2. The van der Waals surface area contributed by atoms with Crippen molar-refractivity contribution in [3.8, 4) is 28.7 Å². The first kappa shape index (κ1) is 57.1. The highest BCUT2D eigenvalue weighted by molar-refractivity contribution is 6.04. The molecule has 2 aliphatic heterocycles. The maximum atomic E-state index is 13.8. The van der Waals surface area contributed by atoms with Crippen molar-refractivity contribution in [3.05, 3.63) is 77.9 Å². The van der Waals surface area contributed by atoms with Crippen LogP contribution in [0.2, 0.25) is 0 Å². The second-order valence-electron chi connectivity index (χ2n) is 17.9. The number of rotatable bonds is 25. The Bertz CT molecular complexity index is 2470. The second kappa shape index (κ2) is 27.9. The third kappa shape index (κ3) is 15.9. The fourth-order valence-corrected chi connectivity index (χ4v) is 8.21. The Morgan fingerprint density at radius 1 is 0.743 bits per heavy atom. The molecular weight excluding hydrogens is 967 g/mol. The lowest BCUT2D eigenvalue weighted by molar-refractivity contribution is -0.128. The number of unbranched alkanes of at least 4 members (excludes halogenated alkanes) is 2. The molecule has 2 aliphatic rings. The van der Waals surface area contributed by atoms with Gasteiger partial charge in [0.1, 0.15) is 31.0 Å². The minimum Gasteiger partial charge on any atom is -0.504 e. The number of amides is 7. The topological polar surface area (TPSA) is 316 Å². The number of alkyl carbamates (subject to hydrolysis) is 1. The number of nitrogens with zero attached hydrogens (tertiary/aromatic N) is 2. The average Bonchev–Trinajstić information content (AvgIpc) is 4.07. The monoisotopic (exact) mass is 1030 g/mol. The third-order valence-corrected chi connectivity index (χ3v) is 12.2. The number of aromatic hydroxyl groups is 1. The van der Waals surface area contributed by atoms with E-state index in [1.807, 2.05) is 0 Å². The minimum atomic E-state index is -1.13. The number of carbonyl (C=O) groups is 7. The van der Waals surface area contributed by atoms with Gasteiger partial charge in [0, 0.05) is 37.0 Å². The van der Waals surface area contributed by atoms with Crippen LogP contribution in [0.5, 0.6) is 28.7 Å². The van der Waals surface area contributed by atoms with E-state index in [0.29, 0.717) is 69.3 Å². The number of nitrogens with two attached hydrogens (primary N) is 1. The quantitative estimate of drug-likeness (QED) is 0.0321. The van der Waals surface area contributed by atoms with E-state index in [1.54, 1.807) is 38.1 Å². The van der Waals surface area contributed by atoms with Gasteiger partial charge in [-0.2, -0.15) is 0 Å². The number of aliphatic hydroxyl groups excluding tert-OH is 2. The van der Waals surface area contributed by atoms with Crippen LogP contribution in [0.3, 0.4) is 0 Å². The SMILES string of the molecule is C=CCOC(=O)NC(C(=O)NC(C)C(=O)Nc1ccc(COC(=O)Nc2cc(OCCCCCOc3cc(OC(N)=O)c(C(=O)N4CCC[C@H]4CO)cc3OC)c(O)cc2C(=O)N2CCC[C@H]2CO)cc1)C(C)C. The molecule has 9 N–H and O–H groups in total. The van der Waals surface area contributed by atoms with Gasteiger partial charge in [0.25, 0.3) is 11.8 Å². The van der Waals surface area contributed by atoms with Crippen LogP contribution >= 0.6 is 0 Å². The van der Waals surface area contributed by atoms with E-state index in [1.165, 1.54) is 54.2 Å². The highest BCUT2D eigenvalue weighted by Crippen LogP contribution is 2.38. The van der Waals surface area contributed by atoms with E-state index in [4.69, 9.17) is 34.2 Å². The summed E-state index contributed by atoms with van der Waals surface area (Å²) in [5.74, 6) is -2.52. The van der Waals surface area contributed by atoms with Crippen LogP contribution < -0.4 is 45.9 Å². The Morgan fingerprint density at radius 3 is 1.95 bits per heavy atom. The number of aliphatic hydroxyl groups is 2. The van der Waals surface area contributed by atoms with E-state index in [2.05, 4.69) is 27.8 Å². The molecule has 2 fully saturated rings. The maximum Gasteiger partial charge on any atom is 0.411 e. The molecule has 402 valence electrons. The Labute approximate surface area is 428 Å². The second-order valence-corrected chi connectivity index (χ2v) is 17.9. The number of hydrogen-bond donors (Lipinski definition) is 8. The normalized spacial score (nSPS) is 15.8. The van der Waals surface area contributed by atoms with Crippen LogP contribution in [0.25, 0.3) is 0 Å². The molecular formula is C51H67N7O16. The summed E-state index contributed by atoms with van der Waals surface area (Å²) in [6.45, 7) is 8.75. The maximum absolute atomic E-state index is 13.8. The summed E-state index contributed by atoms with van der Waals surface area (Å²) in [4.78, 5) is 93.2. The molecule has 3 aromatic carbocycles. The molecule has 0 bridgehead atoms. The molecule has 0 saturated carbocycles. The van der Waals surface area contributed by atoms with Crippen molar-refractivity contribution in [1.82, 2.24) is 20.4 Å². The molecule has 7 amide bonds. The summed E-state index contributed by atoms with van der Waals surface area (Å²) in [5.41, 5.74) is 6.18. The Balaban J connectivity index is 1.16. The lowest BCUT2D eigenvalue weighted by Crippen LogP contribution is -2.53. The molecule has 2 unspecified atom stereocenters. The molecule has 23 nitrogen and oxygen atoms in total. The van der Waals surface area contributed by atoms with Crippen LogP contribution in [-0.2, 0) is 25.7 Å². The van der Waals surface area contributed by atoms with Crippen LogP contribution in [-0.4, -0.2) is 144 Å². The van der Waals surface area contributed by atoms with Gasteiger partial charge in [-0.15, -0.1) is 0 Å². The largest absolute Gasteiger partial charge is 0.504 e. The highest BCUT2D eigenvalue weighted by Gasteiger charge is 2.34. The number of ether oxygens (including phenoxy) is 6. The number of phenolic OH excluding ortho intramolecular Hbond substituents is 1. The summed E-state index contributed by atoms with van der Waals surface area (Å²) in [6.07, 6.45) is 2.66. The first-order chi connectivity index (χ1) is 35.5. The van der Waals surface area contributed by atoms with Gasteiger partial charge in [-0.05, 0) is 81.5 Å². The Kier molecular flexibility index (Phi) is 21.5. The molecule has 4 atom stereocenters. The van der Waals surface area contributed by atoms with Gasteiger partial charge < -0.3 is 75.2 Å². The van der Waals surface area contributed by atoms with E-state index < -0.39 is 60.0 Å². The molecule has 5 rings (SSSR count). The smallest absolute Gasteiger partial charge is 0.411 e. The van der Waals surface area contributed by atoms with Crippen molar-refractivity contribution >= 4 is 53.3 Å². The van der Waals surface area contributed by atoms with Gasteiger partial charge in [0.2, 0.25) is 11.8 Å². The number of primary amides is 1. The first-order valence-electron chi connectivity index (χ1n) is 24.3. The standard InChI is InChI=1S/C51H67N7O16/c1-6-20-72-51(68)56-44(30(2)3)46(63)53-31(4)45(62)54-33-16-14-32(15-17-33)29-73-50(67)55-38-25-41(39(61)23-36(38)47(64)57-18-10-12-34(57)27-59)70-21-8-7-9-22-71-43-26-40(74-49(52)66)37(24-42(43)69-5)48(65)58-19-11-13-35(58)28-60/h6,14-17,23-26,30-31,34-35,44,59-61H,1,7-13,18-22,27-29H2,2-5H3,(H2,52,66)(H,53,63)(H,54,62)(H,55,67)(H,56,68)/t31?,34-,35-,44?/m0/s1. The van der Waals surface area contributed by atoms with Crippen molar-refractivity contribution in [2.45, 2.75) is 96.5 Å². The molecule has 0 aromatic heterocycles. The molecule has 0 spiro atoms. The van der Waals surface area contributed by atoms with Crippen molar-refractivity contribution in [2.24, 2.45) is 11.7 Å². The number of anilines is 2. The zero-order valence-corrected chi connectivity index (χ0v) is 42.0. The first-order valence-corrected chi connectivity index (χ1v) is 24.3. The number of carbonyl (C=O) groups excluding carboxylic acids is 7. The minimum absolute atomic E-state index is 0.0119. The summed E-state index contributed by atoms with van der Waals surface area (Å²) in [5, 5.41) is 41.1. The molecule has 0 aliphatic carbocycles. The lowest BCUT2D eigenvalue weighted by atomic mass is 10.0. The van der Waals surface area contributed by atoms with E-state index in [-0.39, 0.29) is 97.2 Å². The van der Waals surface area contributed by atoms with Crippen molar-refractivity contribution in [2.75, 3.05) is 63.9 Å². The number of hydrogen-bond acceptors (Lipinski definition) is 16. The molecule has 2 saturated heterocycles. The highest BCUT2D eigenvalue weighted by atomic mass is 16.6. The zero-order chi connectivity index (χ0) is 53.9. The van der Waals surface area contributed by atoms with Gasteiger partial charge >= 0.3 is 18.3 Å². The summed E-state index contributed by atoms with van der Waals surface area (Å²) in [7, 11) is 1.40. The predicted octanol–water partition coefficient (Wildman–Crippen LogP) is 4.81. The molecule has 74 heavy (non-hydrogen) atoms. The van der Waals surface area contributed by atoms with Gasteiger partial charge in [-0.1, -0.05) is 38.6 Å². The lowest BCUT2D eigenvalue weighted by Gasteiger charge is -2.24. The van der Waals surface area contributed by atoms with Crippen LogP contribution in [0.4, 0.5) is 25.8 Å². The molecule has 23 heteroatoms. The average molecular weight is 1030 g/mol. The van der Waals surface area contributed by atoms with E-state index >= 15 is 0 Å². The fourth-order valence-electron chi connectivity index (χ4n) is 8.21. The van der Waals surface area contributed by atoms with Crippen LogP contribution in [0, 0.1) is 5.92 Å². The van der Waals surface area contributed by atoms with Crippen LogP contribution in [0.1, 0.15) is 92.0 Å². The fraction of sp³-hybridized carbons (Fsp3) is 0.471.